The molecule has 1 aromatic carbocycles. The molecule has 0 radical (unpaired) electrons. The van der Waals surface area contributed by atoms with Gasteiger partial charge >= 0.3 is 0 Å². The number of hydrogen-bond acceptors (Lipinski definition) is 3. The average molecular weight is 301 g/mol. The summed E-state index contributed by atoms with van der Waals surface area (Å²) >= 11 is 0. The zero-order chi connectivity index (χ0) is 15.7. The first kappa shape index (κ1) is 15.0. The molecule has 2 heterocycles. The minimum atomic E-state index is -0.00179. The van der Waals surface area contributed by atoms with Crippen LogP contribution in [-0.4, -0.2) is 37.5 Å². The lowest BCUT2D eigenvalue weighted by molar-refractivity contribution is -0.123. The quantitative estimate of drug-likeness (QED) is 0.860. The maximum atomic E-state index is 12.9. The van der Waals surface area contributed by atoms with Crippen LogP contribution in [0.3, 0.4) is 0 Å². The van der Waals surface area contributed by atoms with Gasteiger partial charge in [0.05, 0.1) is 17.4 Å². The molecule has 1 atom stereocenters. The molecule has 1 N–H and O–H groups in total. The van der Waals surface area contributed by atoms with Gasteiger partial charge in [-0.1, -0.05) is 12.1 Å². The van der Waals surface area contributed by atoms with Crippen molar-refractivity contribution < 1.29 is 9.59 Å². The highest BCUT2D eigenvalue weighted by Crippen LogP contribution is 2.36. The number of piperidine rings is 1. The molecule has 0 aromatic heterocycles. The highest BCUT2D eigenvalue weighted by Gasteiger charge is 2.35. The number of nitrogens with one attached hydrogen (secondary N) is 1. The fraction of sp³-hybridized carbons (Fsp3) is 0.529. The van der Waals surface area contributed by atoms with E-state index in [1.54, 1.807) is 11.8 Å². The fourth-order valence-electron chi connectivity index (χ4n) is 3.56. The molecule has 0 bridgehead atoms. The molecule has 118 valence electrons. The molecule has 2 aliphatic heterocycles. The van der Waals surface area contributed by atoms with Crippen molar-refractivity contribution in [2.45, 2.75) is 32.7 Å². The third-order valence-electron chi connectivity index (χ3n) is 4.61. The van der Waals surface area contributed by atoms with Crippen LogP contribution >= 0.6 is 0 Å². The predicted octanol–water partition coefficient (Wildman–Crippen LogP) is 1.77. The largest absolute Gasteiger partial charge is 0.317 e. The summed E-state index contributed by atoms with van der Waals surface area (Å²) in [4.78, 5) is 28.6. The Labute approximate surface area is 131 Å². The van der Waals surface area contributed by atoms with Crippen molar-refractivity contribution in [3.05, 3.63) is 24.3 Å². The van der Waals surface area contributed by atoms with E-state index in [2.05, 4.69) is 5.32 Å². The van der Waals surface area contributed by atoms with Crippen LogP contribution in [0.15, 0.2) is 24.3 Å². The van der Waals surface area contributed by atoms with Crippen molar-refractivity contribution in [2.75, 3.05) is 29.4 Å². The Bertz CT molecular complexity index is 581. The number of para-hydroxylation sites is 2. The minimum absolute atomic E-state index is 0.00179. The lowest BCUT2D eigenvalue weighted by atomic mass is 9.95. The lowest BCUT2D eigenvalue weighted by Crippen LogP contribution is -2.53. The standard InChI is InChI=1S/C17H23N3O2/c1-12-11-19(17(22)14-7-9-18-10-8-14)15-5-3-4-6-16(15)20(12)13(2)21/h3-6,12,14,18H,7-11H2,1-2H3. The average Bonchev–Trinajstić information content (AvgIpc) is 2.53. The Morgan fingerprint density at radius 1 is 1.14 bits per heavy atom. The van der Waals surface area contributed by atoms with Crippen molar-refractivity contribution in [3.8, 4) is 0 Å². The number of nitrogens with zero attached hydrogens (tertiary/aromatic N) is 2. The van der Waals surface area contributed by atoms with Crippen LogP contribution in [0.4, 0.5) is 11.4 Å². The zero-order valence-electron chi connectivity index (χ0n) is 13.2. The SMILES string of the molecule is CC(=O)N1c2ccccc2N(C(=O)C2CCNCC2)CC1C. The first-order valence-corrected chi connectivity index (χ1v) is 8.00. The topological polar surface area (TPSA) is 52.7 Å². The van der Waals surface area contributed by atoms with E-state index in [0.717, 1.165) is 37.3 Å². The third-order valence-corrected chi connectivity index (χ3v) is 4.61. The van der Waals surface area contributed by atoms with Gasteiger partial charge in [0.2, 0.25) is 11.8 Å². The normalized spacial score (nSPS) is 22.4. The molecule has 1 aromatic rings. The Kier molecular flexibility index (Phi) is 4.16. The molecule has 1 fully saturated rings. The maximum Gasteiger partial charge on any atom is 0.230 e. The Morgan fingerprint density at radius 3 is 2.41 bits per heavy atom. The molecular formula is C17H23N3O2. The van der Waals surface area contributed by atoms with Crippen molar-refractivity contribution in [1.82, 2.24) is 5.32 Å². The predicted molar refractivity (Wildman–Crippen MR) is 87.0 cm³/mol. The Morgan fingerprint density at radius 2 is 1.77 bits per heavy atom. The van der Waals surface area contributed by atoms with E-state index in [1.165, 1.54) is 0 Å². The molecule has 0 saturated carbocycles. The molecule has 22 heavy (non-hydrogen) atoms. The van der Waals surface area contributed by atoms with Gasteiger partial charge < -0.3 is 15.1 Å². The molecule has 5 heteroatoms. The number of fused-ring (bicyclic) bond motifs is 1. The van der Waals surface area contributed by atoms with Crippen LogP contribution in [-0.2, 0) is 9.59 Å². The van der Waals surface area contributed by atoms with E-state index in [-0.39, 0.29) is 23.8 Å². The van der Waals surface area contributed by atoms with Gasteiger partial charge in [-0.2, -0.15) is 0 Å². The highest BCUT2D eigenvalue weighted by molar-refractivity contribution is 6.04. The monoisotopic (exact) mass is 301 g/mol. The second-order valence-electron chi connectivity index (χ2n) is 6.20. The zero-order valence-corrected chi connectivity index (χ0v) is 13.2. The van der Waals surface area contributed by atoms with E-state index in [9.17, 15) is 9.59 Å². The number of carbonyl (C=O) groups is 2. The fourth-order valence-corrected chi connectivity index (χ4v) is 3.56. The van der Waals surface area contributed by atoms with E-state index in [4.69, 9.17) is 0 Å². The van der Waals surface area contributed by atoms with Crippen LogP contribution in [0.5, 0.6) is 0 Å². The van der Waals surface area contributed by atoms with Crippen molar-refractivity contribution in [2.24, 2.45) is 5.92 Å². The van der Waals surface area contributed by atoms with Gasteiger partial charge in [0.15, 0.2) is 0 Å². The summed E-state index contributed by atoms with van der Waals surface area (Å²) < 4.78 is 0. The van der Waals surface area contributed by atoms with Gasteiger partial charge in [-0.3, -0.25) is 9.59 Å². The number of anilines is 2. The first-order chi connectivity index (χ1) is 10.6. The van der Waals surface area contributed by atoms with E-state index in [1.807, 2.05) is 36.1 Å². The van der Waals surface area contributed by atoms with Gasteiger partial charge in [-0.25, -0.2) is 0 Å². The number of rotatable bonds is 1. The van der Waals surface area contributed by atoms with E-state index >= 15 is 0 Å². The Hall–Kier alpha value is -1.88. The maximum absolute atomic E-state index is 12.9. The smallest absolute Gasteiger partial charge is 0.230 e. The second kappa shape index (κ2) is 6.08. The van der Waals surface area contributed by atoms with Crippen LogP contribution in [0.2, 0.25) is 0 Å². The van der Waals surface area contributed by atoms with Gasteiger partial charge in [-0.15, -0.1) is 0 Å². The molecule has 5 nitrogen and oxygen atoms in total. The number of hydrogen-bond donors (Lipinski definition) is 1. The van der Waals surface area contributed by atoms with Crippen molar-refractivity contribution in [3.63, 3.8) is 0 Å². The summed E-state index contributed by atoms with van der Waals surface area (Å²) in [6.45, 7) is 5.96. The van der Waals surface area contributed by atoms with Crippen molar-refractivity contribution >= 4 is 23.2 Å². The first-order valence-electron chi connectivity index (χ1n) is 8.00. The van der Waals surface area contributed by atoms with Crippen molar-refractivity contribution in [1.29, 1.82) is 0 Å². The second-order valence-corrected chi connectivity index (χ2v) is 6.20. The summed E-state index contributed by atoms with van der Waals surface area (Å²) in [6, 6.07) is 7.71. The summed E-state index contributed by atoms with van der Waals surface area (Å²) in [5.41, 5.74) is 1.70. The van der Waals surface area contributed by atoms with Crippen LogP contribution < -0.4 is 15.1 Å². The molecule has 0 aliphatic carbocycles. The highest BCUT2D eigenvalue weighted by atomic mass is 16.2. The number of carbonyl (C=O) groups excluding carboxylic acids is 2. The lowest BCUT2D eigenvalue weighted by Gasteiger charge is -2.42. The Balaban J connectivity index is 1.94. The van der Waals surface area contributed by atoms with Crippen LogP contribution in [0, 0.1) is 5.92 Å². The van der Waals surface area contributed by atoms with Crippen LogP contribution in [0.1, 0.15) is 26.7 Å². The summed E-state index contributed by atoms with van der Waals surface area (Å²) in [6.07, 6.45) is 1.78. The summed E-state index contributed by atoms with van der Waals surface area (Å²) in [5.74, 6) is 0.309. The third kappa shape index (κ3) is 2.61. The summed E-state index contributed by atoms with van der Waals surface area (Å²) in [7, 11) is 0. The molecule has 3 rings (SSSR count). The molecule has 1 unspecified atom stereocenters. The van der Waals surface area contributed by atoms with Gasteiger partial charge in [0.25, 0.3) is 0 Å². The molecular weight excluding hydrogens is 278 g/mol. The molecule has 0 spiro atoms. The van der Waals surface area contributed by atoms with Gasteiger partial charge in [0.1, 0.15) is 0 Å². The number of benzene rings is 1. The van der Waals surface area contributed by atoms with Gasteiger partial charge in [-0.05, 0) is 45.0 Å². The minimum Gasteiger partial charge on any atom is -0.317 e. The number of amides is 2. The van der Waals surface area contributed by atoms with Crippen LogP contribution in [0.25, 0.3) is 0 Å². The van der Waals surface area contributed by atoms with E-state index in [0.29, 0.717) is 6.54 Å². The van der Waals surface area contributed by atoms with Gasteiger partial charge in [0, 0.05) is 19.4 Å². The summed E-state index contributed by atoms with van der Waals surface area (Å²) in [5, 5.41) is 3.30. The molecule has 2 aliphatic rings. The molecule has 1 saturated heterocycles. The molecule has 2 amide bonds. The van der Waals surface area contributed by atoms with E-state index < -0.39 is 0 Å².